The lowest BCUT2D eigenvalue weighted by Gasteiger charge is -2.04. The molecule has 0 aliphatic heterocycles. The minimum Gasteiger partial charge on any atom is -0.439 e. The van der Waals surface area contributed by atoms with Gasteiger partial charge in [0.1, 0.15) is 18.2 Å². The monoisotopic (exact) mass is 336 g/mol. The van der Waals surface area contributed by atoms with Gasteiger partial charge in [0.25, 0.3) is 0 Å². The normalized spacial score (nSPS) is 10.8. The smallest absolute Gasteiger partial charge is 0.219 e. The van der Waals surface area contributed by atoms with Crippen LogP contribution in [0.4, 0.5) is 4.39 Å². The van der Waals surface area contributed by atoms with Crippen LogP contribution in [0.5, 0.6) is 11.6 Å². The fourth-order valence-corrected chi connectivity index (χ4v) is 2.13. The number of benzene rings is 2. The maximum Gasteiger partial charge on any atom is 0.219 e. The number of oxime groups is 1. The van der Waals surface area contributed by atoms with Gasteiger partial charge >= 0.3 is 0 Å². The van der Waals surface area contributed by atoms with Gasteiger partial charge in [-0.05, 0) is 48.4 Å². The van der Waals surface area contributed by atoms with Gasteiger partial charge in [-0.15, -0.1) is 0 Å². The molecule has 0 bridgehead atoms. The Kier molecular flexibility index (Phi) is 5.36. The molecule has 0 atom stereocenters. The molecular weight excluding hydrogens is 319 g/mol. The molecule has 0 fully saturated rings. The molecule has 3 aromatic rings. The van der Waals surface area contributed by atoms with E-state index in [9.17, 15) is 4.39 Å². The number of hydrogen-bond donors (Lipinski definition) is 0. The predicted octanol–water partition coefficient (Wildman–Crippen LogP) is 4.87. The zero-order valence-corrected chi connectivity index (χ0v) is 13.7. The molecule has 4 nitrogen and oxygen atoms in total. The second-order valence-electron chi connectivity index (χ2n) is 5.42. The summed E-state index contributed by atoms with van der Waals surface area (Å²) in [6.45, 7) is 2.45. The molecule has 126 valence electrons. The van der Waals surface area contributed by atoms with Crippen LogP contribution in [0.2, 0.25) is 0 Å². The molecule has 0 spiro atoms. The Morgan fingerprint density at radius 2 is 1.84 bits per heavy atom. The Hall–Kier alpha value is -3.21. The van der Waals surface area contributed by atoms with E-state index in [1.165, 1.54) is 17.7 Å². The van der Waals surface area contributed by atoms with Gasteiger partial charge in [0, 0.05) is 17.8 Å². The van der Waals surface area contributed by atoms with Crippen molar-refractivity contribution in [2.75, 3.05) is 0 Å². The summed E-state index contributed by atoms with van der Waals surface area (Å²) in [5.74, 6) is 0.638. The van der Waals surface area contributed by atoms with E-state index in [1.807, 2.05) is 37.3 Å². The summed E-state index contributed by atoms with van der Waals surface area (Å²) < 4.78 is 18.4. The first-order valence-electron chi connectivity index (χ1n) is 7.80. The molecule has 0 radical (unpaired) electrons. The van der Waals surface area contributed by atoms with Crippen molar-refractivity contribution in [3.8, 4) is 11.6 Å². The molecule has 0 saturated heterocycles. The van der Waals surface area contributed by atoms with Crippen molar-refractivity contribution < 1.29 is 14.0 Å². The van der Waals surface area contributed by atoms with Crippen molar-refractivity contribution in [3.05, 3.63) is 89.4 Å². The van der Waals surface area contributed by atoms with Crippen LogP contribution in [0.25, 0.3) is 0 Å². The molecule has 1 heterocycles. The van der Waals surface area contributed by atoms with Crippen molar-refractivity contribution in [2.24, 2.45) is 5.16 Å². The Morgan fingerprint density at radius 1 is 1.04 bits per heavy atom. The predicted molar refractivity (Wildman–Crippen MR) is 94.3 cm³/mol. The highest BCUT2D eigenvalue weighted by molar-refractivity contribution is 5.78. The second-order valence-corrected chi connectivity index (χ2v) is 5.42. The minimum atomic E-state index is -0.308. The first-order valence-corrected chi connectivity index (χ1v) is 7.80. The minimum absolute atomic E-state index is 0.308. The van der Waals surface area contributed by atoms with Crippen LogP contribution >= 0.6 is 0 Å². The molecule has 0 aliphatic carbocycles. The number of nitrogens with zero attached hydrogens (tertiary/aromatic N) is 2. The molecule has 1 aromatic heterocycles. The fourth-order valence-electron chi connectivity index (χ4n) is 2.13. The Morgan fingerprint density at radius 3 is 2.56 bits per heavy atom. The lowest BCUT2D eigenvalue weighted by molar-refractivity contribution is 0.131. The Labute approximate surface area is 145 Å². The highest BCUT2D eigenvalue weighted by atomic mass is 19.1. The highest BCUT2D eigenvalue weighted by Crippen LogP contribution is 2.19. The van der Waals surface area contributed by atoms with E-state index in [0.29, 0.717) is 18.2 Å². The van der Waals surface area contributed by atoms with Crippen molar-refractivity contribution in [3.63, 3.8) is 0 Å². The molecule has 0 N–H and O–H groups in total. The van der Waals surface area contributed by atoms with Gasteiger partial charge in [0.2, 0.25) is 5.88 Å². The zero-order valence-electron chi connectivity index (χ0n) is 13.7. The van der Waals surface area contributed by atoms with E-state index in [2.05, 4.69) is 10.1 Å². The molecule has 5 heteroatoms. The summed E-state index contributed by atoms with van der Waals surface area (Å²) in [5, 5.41) is 3.95. The van der Waals surface area contributed by atoms with E-state index in [1.54, 1.807) is 30.6 Å². The SMILES string of the molecule is Cc1ccccc1CO/N=C\c1ccc(Oc2ccc(F)cc2)nc1. The number of pyridine rings is 1. The third-order valence-electron chi connectivity index (χ3n) is 3.55. The maximum atomic E-state index is 12.9. The van der Waals surface area contributed by atoms with Crippen LogP contribution in [-0.4, -0.2) is 11.2 Å². The van der Waals surface area contributed by atoms with E-state index >= 15 is 0 Å². The van der Waals surface area contributed by atoms with Crippen LogP contribution in [0.3, 0.4) is 0 Å². The van der Waals surface area contributed by atoms with Crippen LogP contribution in [-0.2, 0) is 11.4 Å². The Balaban J connectivity index is 1.53. The van der Waals surface area contributed by atoms with Crippen LogP contribution < -0.4 is 4.74 Å². The Bertz CT molecular complexity index is 846. The van der Waals surface area contributed by atoms with E-state index in [4.69, 9.17) is 9.57 Å². The summed E-state index contributed by atoms with van der Waals surface area (Å²) in [4.78, 5) is 9.50. The fraction of sp³-hybridized carbons (Fsp3) is 0.100. The average molecular weight is 336 g/mol. The van der Waals surface area contributed by atoms with Crippen molar-refractivity contribution >= 4 is 6.21 Å². The van der Waals surface area contributed by atoms with Crippen LogP contribution in [0.15, 0.2) is 72.0 Å². The van der Waals surface area contributed by atoms with Gasteiger partial charge in [-0.1, -0.05) is 29.4 Å². The summed E-state index contributed by atoms with van der Waals surface area (Å²) >= 11 is 0. The molecule has 25 heavy (non-hydrogen) atoms. The first kappa shape index (κ1) is 16.6. The van der Waals surface area contributed by atoms with Crippen molar-refractivity contribution in [1.29, 1.82) is 0 Å². The number of aromatic nitrogens is 1. The molecule has 0 amide bonds. The van der Waals surface area contributed by atoms with Crippen molar-refractivity contribution in [2.45, 2.75) is 13.5 Å². The number of ether oxygens (including phenoxy) is 1. The maximum absolute atomic E-state index is 12.9. The van der Waals surface area contributed by atoms with Gasteiger partial charge in [0.15, 0.2) is 0 Å². The van der Waals surface area contributed by atoms with Crippen molar-refractivity contribution in [1.82, 2.24) is 4.98 Å². The van der Waals surface area contributed by atoms with E-state index < -0.39 is 0 Å². The highest BCUT2D eigenvalue weighted by Gasteiger charge is 2.00. The number of rotatable bonds is 6. The molecule has 0 saturated carbocycles. The molecule has 0 unspecified atom stereocenters. The number of aryl methyl sites for hydroxylation is 1. The molecular formula is C20H17FN2O2. The van der Waals surface area contributed by atoms with Gasteiger partial charge in [-0.3, -0.25) is 0 Å². The number of hydrogen-bond acceptors (Lipinski definition) is 4. The lowest BCUT2D eigenvalue weighted by atomic mass is 10.1. The summed E-state index contributed by atoms with van der Waals surface area (Å²) in [5.41, 5.74) is 3.05. The molecule has 2 aromatic carbocycles. The van der Waals surface area contributed by atoms with Crippen LogP contribution in [0, 0.1) is 12.7 Å². The lowest BCUT2D eigenvalue weighted by Crippen LogP contribution is -1.92. The number of halogens is 1. The first-order chi connectivity index (χ1) is 12.2. The van der Waals surface area contributed by atoms with Crippen LogP contribution in [0.1, 0.15) is 16.7 Å². The van der Waals surface area contributed by atoms with Gasteiger partial charge in [0.05, 0.1) is 6.21 Å². The second kappa shape index (κ2) is 8.06. The topological polar surface area (TPSA) is 43.7 Å². The quantitative estimate of drug-likeness (QED) is 0.476. The summed E-state index contributed by atoms with van der Waals surface area (Å²) in [6, 6.07) is 17.3. The molecule has 3 rings (SSSR count). The van der Waals surface area contributed by atoms with Gasteiger partial charge < -0.3 is 9.57 Å². The van der Waals surface area contributed by atoms with E-state index in [-0.39, 0.29) is 5.82 Å². The zero-order chi connectivity index (χ0) is 17.5. The summed E-state index contributed by atoms with van der Waals surface area (Å²) in [7, 11) is 0. The van der Waals surface area contributed by atoms with E-state index in [0.717, 1.165) is 11.1 Å². The average Bonchev–Trinajstić information content (AvgIpc) is 2.63. The summed E-state index contributed by atoms with van der Waals surface area (Å²) in [6.07, 6.45) is 3.21. The molecule has 0 aliphatic rings. The van der Waals surface area contributed by atoms with Gasteiger partial charge in [-0.25, -0.2) is 9.37 Å². The largest absolute Gasteiger partial charge is 0.439 e. The van der Waals surface area contributed by atoms with Gasteiger partial charge in [-0.2, -0.15) is 0 Å². The standard InChI is InChI=1S/C20H17FN2O2/c1-15-4-2-3-5-17(15)14-24-23-13-16-6-11-20(22-12-16)25-19-9-7-18(21)8-10-19/h2-13H,14H2,1H3/b23-13-. The third-order valence-corrected chi connectivity index (χ3v) is 3.55. The third kappa shape index (κ3) is 4.88.